The Morgan fingerprint density at radius 1 is 1.00 bits per heavy atom. The first-order chi connectivity index (χ1) is 13.1. The van der Waals surface area contributed by atoms with Gasteiger partial charge >= 0.3 is 0 Å². The van der Waals surface area contributed by atoms with E-state index in [1.807, 2.05) is 42.5 Å². The fourth-order valence-corrected chi connectivity index (χ4v) is 3.46. The number of aliphatic imine (C=N–C) groups is 1. The average molecular weight is 396 g/mol. The minimum Gasteiger partial charge on any atom is -0.324 e. The van der Waals surface area contributed by atoms with E-state index in [2.05, 4.69) is 10.3 Å². The highest BCUT2D eigenvalue weighted by atomic mass is 35.5. The SMILES string of the molecule is O=C1Nc2ccc(Cl)cc2C(c2ccncc2)=NC1Cc1ccccc1Cl. The Hall–Kier alpha value is -2.69. The molecule has 27 heavy (non-hydrogen) atoms. The zero-order valence-electron chi connectivity index (χ0n) is 14.2. The molecule has 134 valence electrons. The second kappa shape index (κ2) is 7.51. The van der Waals surface area contributed by atoms with Gasteiger partial charge in [-0.1, -0.05) is 41.4 Å². The Balaban J connectivity index is 1.83. The Morgan fingerprint density at radius 3 is 2.56 bits per heavy atom. The molecule has 0 spiro atoms. The van der Waals surface area contributed by atoms with E-state index < -0.39 is 6.04 Å². The number of nitrogens with one attached hydrogen (secondary N) is 1. The standard InChI is InChI=1S/C21H15Cl2N3O/c22-15-5-6-18-16(12-15)20(13-7-9-24-10-8-13)25-19(21(27)26-18)11-14-3-1-2-4-17(14)23/h1-10,12,19H,11H2,(H,26,27). The molecule has 0 aliphatic carbocycles. The van der Waals surface area contributed by atoms with E-state index >= 15 is 0 Å². The van der Waals surface area contributed by atoms with Gasteiger partial charge in [-0.3, -0.25) is 14.8 Å². The van der Waals surface area contributed by atoms with Crippen molar-refractivity contribution in [3.05, 3.63) is 93.7 Å². The summed E-state index contributed by atoms with van der Waals surface area (Å²) in [5.74, 6) is -0.178. The van der Waals surface area contributed by atoms with Gasteiger partial charge in [-0.2, -0.15) is 0 Å². The van der Waals surface area contributed by atoms with E-state index in [1.54, 1.807) is 24.5 Å². The summed E-state index contributed by atoms with van der Waals surface area (Å²) >= 11 is 12.5. The predicted molar refractivity (Wildman–Crippen MR) is 109 cm³/mol. The number of nitrogens with zero attached hydrogens (tertiary/aromatic N) is 2. The van der Waals surface area contributed by atoms with Crippen LogP contribution in [0.1, 0.15) is 16.7 Å². The van der Waals surface area contributed by atoms with Gasteiger partial charge in [-0.25, -0.2) is 0 Å². The Kier molecular flexibility index (Phi) is 4.92. The Labute approximate surface area is 166 Å². The van der Waals surface area contributed by atoms with Crippen molar-refractivity contribution in [2.24, 2.45) is 4.99 Å². The van der Waals surface area contributed by atoms with Gasteiger partial charge in [0.05, 0.1) is 11.4 Å². The van der Waals surface area contributed by atoms with Crippen LogP contribution in [0.2, 0.25) is 10.0 Å². The third-order valence-electron chi connectivity index (χ3n) is 4.41. The molecule has 1 unspecified atom stereocenters. The lowest BCUT2D eigenvalue weighted by atomic mass is 10.0. The van der Waals surface area contributed by atoms with Crippen molar-refractivity contribution in [1.82, 2.24) is 4.98 Å². The smallest absolute Gasteiger partial charge is 0.249 e. The molecule has 1 atom stereocenters. The molecule has 0 saturated carbocycles. The number of amides is 1. The average Bonchev–Trinajstić information content (AvgIpc) is 2.81. The van der Waals surface area contributed by atoms with Crippen LogP contribution in [0.15, 0.2) is 72.0 Å². The van der Waals surface area contributed by atoms with E-state index in [0.717, 1.165) is 16.7 Å². The van der Waals surface area contributed by atoms with Crippen molar-refractivity contribution in [3.8, 4) is 0 Å². The first kappa shape index (κ1) is 17.7. The molecule has 0 bridgehead atoms. The molecule has 1 aliphatic rings. The van der Waals surface area contributed by atoms with Crippen molar-refractivity contribution >= 4 is 40.5 Å². The number of rotatable bonds is 3. The number of fused-ring (bicyclic) bond motifs is 1. The quantitative estimate of drug-likeness (QED) is 0.692. The van der Waals surface area contributed by atoms with Crippen molar-refractivity contribution < 1.29 is 4.79 Å². The van der Waals surface area contributed by atoms with Crippen LogP contribution >= 0.6 is 23.2 Å². The van der Waals surface area contributed by atoms with Crippen LogP contribution < -0.4 is 5.32 Å². The summed E-state index contributed by atoms with van der Waals surface area (Å²) in [6.07, 6.45) is 3.80. The van der Waals surface area contributed by atoms with E-state index in [1.165, 1.54) is 0 Å². The monoisotopic (exact) mass is 395 g/mol. The van der Waals surface area contributed by atoms with Crippen molar-refractivity contribution in [3.63, 3.8) is 0 Å². The Bertz CT molecular complexity index is 1030. The molecule has 4 rings (SSSR count). The molecule has 3 aromatic rings. The Morgan fingerprint density at radius 2 is 1.78 bits per heavy atom. The highest BCUT2D eigenvalue weighted by molar-refractivity contribution is 6.32. The van der Waals surface area contributed by atoms with E-state index in [9.17, 15) is 4.79 Å². The van der Waals surface area contributed by atoms with E-state index in [4.69, 9.17) is 28.2 Å². The molecule has 1 amide bonds. The van der Waals surface area contributed by atoms with Crippen molar-refractivity contribution in [2.75, 3.05) is 5.32 Å². The van der Waals surface area contributed by atoms with Gasteiger partial charge in [0.15, 0.2) is 0 Å². The minimum atomic E-state index is -0.612. The van der Waals surface area contributed by atoms with Crippen LogP contribution in [0.3, 0.4) is 0 Å². The summed E-state index contributed by atoms with van der Waals surface area (Å²) in [5.41, 5.74) is 3.91. The molecule has 4 nitrogen and oxygen atoms in total. The number of carbonyl (C=O) groups is 1. The summed E-state index contributed by atoms with van der Waals surface area (Å²) < 4.78 is 0. The minimum absolute atomic E-state index is 0.178. The molecule has 0 radical (unpaired) electrons. The second-order valence-electron chi connectivity index (χ2n) is 6.20. The summed E-state index contributed by atoms with van der Waals surface area (Å²) in [5, 5.41) is 4.17. The van der Waals surface area contributed by atoms with E-state index in [-0.39, 0.29) is 5.91 Å². The van der Waals surface area contributed by atoms with Crippen LogP contribution in [-0.4, -0.2) is 22.6 Å². The van der Waals surface area contributed by atoms with Crippen LogP contribution in [0, 0.1) is 0 Å². The summed E-state index contributed by atoms with van der Waals surface area (Å²) in [6.45, 7) is 0. The molecular weight excluding hydrogens is 381 g/mol. The lowest BCUT2D eigenvalue weighted by Crippen LogP contribution is -2.27. The topological polar surface area (TPSA) is 54.4 Å². The predicted octanol–water partition coefficient (Wildman–Crippen LogP) is 4.79. The van der Waals surface area contributed by atoms with Gasteiger partial charge in [-0.15, -0.1) is 0 Å². The molecule has 2 heterocycles. The summed E-state index contributed by atoms with van der Waals surface area (Å²) in [7, 11) is 0. The number of hydrogen-bond donors (Lipinski definition) is 1. The number of pyridine rings is 1. The number of benzodiazepines with no additional fused rings is 1. The summed E-state index contributed by atoms with van der Waals surface area (Å²) in [6, 6.07) is 16.0. The zero-order valence-corrected chi connectivity index (χ0v) is 15.7. The molecule has 0 fully saturated rings. The number of hydrogen-bond acceptors (Lipinski definition) is 3. The highest BCUT2D eigenvalue weighted by Crippen LogP contribution is 2.28. The third-order valence-corrected chi connectivity index (χ3v) is 5.01. The molecule has 1 aliphatic heterocycles. The molecule has 6 heteroatoms. The lowest BCUT2D eigenvalue weighted by molar-refractivity contribution is -0.117. The van der Waals surface area contributed by atoms with Crippen molar-refractivity contribution in [1.29, 1.82) is 0 Å². The first-order valence-electron chi connectivity index (χ1n) is 8.44. The first-order valence-corrected chi connectivity index (χ1v) is 9.20. The fraction of sp³-hybridized carbons (Fsp3) is 0.0952. The maximum absolute atomic E-state index is 12.8. The maximum atomic E-state index is 12.8. The fourth-order valence-electron chi connectivity index (χ4n) is 3.07. The number of benzene rings is 2. The lowest BCUT2D eigenvalue weighted by Gasteiger charge is -2.12. The van der Waals surface area contributed by atoms with Gasteiger partial charge in [-0.05, 0) is 42.0 Å². The second-order valence-corrected chi connectivity index (χ2v) is 7.05. The highest BCUT2D eigenvalue weighted by Gasteiger charge is 2.26. The normalized spacial score (nSPS) is 16.1. The van der Waals surface area contributed by atoms with Crippen LogP contribution in [-0.2, 0) is 11.2 Å². The van der Waals surface area contributed by atoms with Gasteiger partial charge in [0, 0.05) is 40.0 Å². The molecular formula is C21H15Cl2N3O. The van der Waals surface area contributed by atoms with Crippen LogP contribution in [0.4, 0.5) is 5.69 Å². The van der Waals surface area contributed by atoms with Gasteiger partial charge in [0.25, 0.3) is 0 Å². The molecule has 0 saturated heterocycles. The van der Waals surface area contributed by atoms with Crippen molar-refractivity contribution in [2.45, 2.75) is 12.5 Å². The summed E-state index contributed by atoms with van der Waals surface area (Å²) in [4.78, 5) is 21.7. The number of aromatic nitrogens is 1. The third kappa shape index (κ3) is 3.72. The van der Waals surface area contributed by atoms with Crippen LogP contribution in [0.25, 0.3) is 0 Å². The largest absolute Gasteiger partial charge is 0.324 e. The molecule has 1 aromatic heterocycles. The van der Waals surface area contributed by atoms with E-state index in [0.29, 0.717) is 27.9 Å². The maximum Gasteiger partial charge on any atom is 0.249 e. The van der Waals surface area contributed by atoms with Gasteiger partial charge < -0.3 is 5.32 Å². The van der Waals surface area contributed by atoms with Gasteiger partial charge in [0.1, 0.15) is 6.04 Å². The number of carbonyl (C=O) groups excluding carboxylic acids is 1. The van der Waals surface area contributed by atoms with Crippen LogP contribution in [0.5, 0.6) is 0 Å². The number of halogens is 2. The van der Waals surface area contributed by atoms with Gasteiger partial charge in [0.2, 0.25) is 5.91 Å². The number of anilines is 1. The molecule has 1 N–H and O–H groups in total. The molecule has 2 aromatic carbocycles. The zero-order chi connectivity index (χ0) is 18.8.